The smallest absolute Gasteiger partial charge is 0.335 e. The number of hydrogen-bond acceptors (Lipinski definition) is 7. The molecule has 2 fully saturated rings. The molecule has 3 heterocycles. The summed E-state index contributed by atoms with van der Waals surface area (Å²) in [6.07, 6.45) is -1.33. The minimum Gasteiger partial charge on any atom is -0.358 e. The molecule has 0 bridgehead atoms. The molecule has 0 aliphatic carbocycles. The summed E-state index contributed by atoms with van der Waals surface area (Å²) >= 11 is 3.36. The number of benzene rings is 4. The van der Waals surface area contributed by atoms with E-state index in [0.717, 1.165) is 26.8 Å². The Labute approximate surface area is 292 Å². The lowest BCUT2D eigenvalue weighted by Gasteiger charge is -2.37. The van der Waals surface area contributed by atoms with Crippen LogP contribution in [0.1, 0.15) is 42.3 Å². The number of rotatable bonds is 11. The van der Waals surface area contributed by atoms with Gasteiger partial charge in [0.05, 0.1) is 17.7 Å². The molecule has 2 saturated heterocycles. The van der Waals surface area contributed by atoms with Crippen molar-refractivity contribution in [1.29, 1.82) is 0 Å². The lowest BCUT2D eigenvalue weighted by Crippen LogP contribution is -2.44. The summed E-state index contributed by atoms with van der Waals surface area (Å²) < 4.78 is 34.9. The standard InChI is InChI=1S/C39H37BrN2O7/c1-38(2)48-33-32(25-46-39(28-17-9-4-10-18-28,29-19-11-5-12-20-29)30-21-13-6-14-22-30)47-36(34(33)49-38)41-23-31(40)35(43)42(37(41)44)26-45-24-27-15-7-3-8-16-27/h3-23,32-34,36H,24-26H2,1-2H3/t32-,33-,34-,36?/m1/s1. The van der Waals surface area contributed by atoms with E-state index in [4.69, 9.17) is 23.7 Å². The minimum atomic E-state index is -0.987. The van der Waals surface area contributed by atoms with E-state index >= 15 is 0 Å². The van der Waals surface area contributed by atoms with E-state index < -0.39 is 47.2 Å². The highest BCUT2D eigenvalue weighted by molar-refractivity contribution is 9.10. The fraction of sp³-hybridized carbons (Fsp3) is 0.282. The Kier molecular flexibility index (Phi) is 9.52. The lowest BCUT2D eigenvalue weighted by atomic mass is 9.80. The lowest BCUT2D eigenvalue weighted by molar-refractivity contribution is -0.206. The molecule has 252 valence electrons. The zero-order valence-corrected chi connectivity index (χ0v) is 28.8. The van der Waals surface area contributed by atoms with Gasteiger partial charge in [-0.3, -0.25) is 9.36 Å². The fourth-order valence-electron chi connectivity index (χ4n) is 6.71. The van der Waals surface area contributed by atoms with Crippen LogP contribution in [0.15, 0.2) is 142 Å². The number of nitrogens with zero attached hydrogens (tertiary/aromatic N) is 2. The first kappa shape index (κ1) is 33.3. The molecule has 49 heavy (non-hydrogen) atoms. The molecule has 0 N–H and O–H groups in total. The van der Waals surface area contributed by atoms with Gasteiger partial charge in [0.25, 0.3) is 5.56 Å². The van der Waals surface area contributed by atoms with Gasteiger partial charge < -0.3 is 23.7 Å². The summed E-state index contributed by atoms with van der Waals surface area (Å²) in [6.45, 7) is 3.76. The summed E-state index contributed by atoms with van der Waals surface area (Å²) in [5.41, 5.74) is 1.68. The number of ether oxygens (including phenoxy) is 5. The van der Waals surface area contributed by atoms with Gasteiger partial charge in [0.1, 0.15) is 30.6 Å². The molecule has 10 heteroatoms. The second-order valence-electron chi connectivity index (χ2n) is 12.6. The molecule has 9 nitrogen and oxygen atoms in total. The molecule has 5 aromatic rings. The van der Waals surface area contributed by atoms with Crippen LogP contribution < -0.4 is 11.2 Å². The average Bonchev–Trinajstić information content (AvgIpc) is 3.62. The maximum absolute atomic E-state index is 13.9. The SMILES string of the molecule is CC1(C)O[C@@H]2[C@@H](COC(c3ccccc3)(c3ccccc3)c3ccccc3)OC(n3cc(Br)c(=O)n(COCc4ccccc4)c3=O)[C@@H]2O1. The first-order valence-electron chi connectivity index (χ1n) is 16.2. The Hall–Kier alpha value is -4.16. The highest BCUT2D eigenvalue weighted by Crippen LogP contribution is 2.45. The number of hydrogen-bond donors (Lipinski definition) is 0. The molecule has 2 aliphatic rings. The molecule has 0 amide bonds. The van der Waals surface area contributed by atoms with Crippen molar-refractivity contribution in [3.05, 3.63) is 175 Å². The van der Waals surface area contributed by atoms with Gasteiger partial charge in [-0.1, -0.05) is 121 Å². The maximum atomic E-state index is 13.9. The molecule has 1 unspecified atom stereocenters. The van der Waals surface area contributed by atoms with E-state index in [1.54, 1.807) is 0 Å². The van der Waals surface area contributed by atoms with E-state index in [0.29, 0.717) is 0 Å². The number of halogens is 1. The van der Waals surface area contributed by atoms with E-state index in [-0.39, 0.29) is 24.4 Å². The molecule has 0 saturated carbocycles. The summed E-state index contributed by atoms with van der Waals surface area (Å²) in [5.74, 6) is -0.945. The van der Waals surface area contributed by atoms with E-state index in [1.165, 1.54) is 10.8 Å². The summed E-state index contributed by atoms with van der Waals surface area (Å²) in [6, 6.07) is 39.8. The van der Waals surface area contributed by atoms with Gasteiger partial charge in [0.2, 0.25) is 0 Å². The Morgan fingerprint density at radius 2 is 1.27 bits per heavy atom. The van der Waals surface area contributed by atoms with Crippen molar-refractivity contribution in [2.75, 3.05) is 6.61 Å². The highest BCUT2D eigenvalue weighted by atomic mass is 79.9. The van der Waals surface area contributed by atoms with Gasteiger partial charge in [-0.15, -0.1) is 0 Å². The van der Waals surface area contributed by atoms with Gasteiger partial charge in [0.15, 0.2) is 12.0 Å². The molecule has 2 aliphatic heterocycles. The van der Waals surface area contributed by atoms with Crippen molar-refractivity contribution >= 4 is 15.9 Å². The molecule has 4 aromatic carbocycles. The first-order chi connectivity index (χ1) is 23.8. The predicted molar refractivity (Wildman–Crippen MR) is 187 cm³/mol. The summed E-state index contributed by atoms with van der Waals surface area (Å²) in [5, 5.41) is 0. The topological polar surface area (TPSA) is 90.2 Å². The highest BCUT2D eigenvalue weighted by Gasteiger charge is 2.57. The van der Waals surface area contributed by atoms with Gasteiger partial charge in [-0.2, -0.15) is 0 Å². The van der Waals surface area contributed by atoms with Gasteiger partial charge >= 0.3 is 5.69 Å². The monoisotopic (exact) mass is 724 g/mol. The van der Waals surface area contributed by atoms with E-state index in [9.17, 15) is 9.59 Å². The van der Waals surface area contributed by atoms with E-state index in [1.807, 2.05) is 98.8 Å². The van der Waals surface area contributed by atoms with Crippen molar-refractivity contribution in [2.45, 2.75) is 63.1 Å². The third kappa shape index (κ3) is 6.60. The zero-order chi connectivity index (χ0) is 34.0. The van der Waals surface area contributed by atoms with Crippen LogP contribution in [0.2, 0.25) is 0 Å². The Morgan fingerprint density at radius 1 is 0.755 bits per heavy atom. The Morgan fingerprint density at radius 3 is 1.82 bits per heavy atom. The van der Waals surface area contributed by atoms with Crippen LogP contribution in [-0.4, -0.2) is 39.8 Å². The number of fused-ring (bicyclic) bond motifs is 1. The first-order valence-corrected chi connectivity index (χ1v) is 17.0. The predicted octanol–water partition coefficient (Wildman–Crippen LogP) is 6.37. The van der Waals surface area contributed by atoms with Crippen molar-refractivity contribution in [3.63, 3.8) is 0 Å². The van der Waals surface area contributed by atoms with Gasteiger partial charge in [-0.05, 0) is 52.0 Å². The normalized spacial score (nSPS) is 21.4. The van der Waals surface area contributed by atoms with Gasteiger partial charge in [0, 0.05) is 6.20 Å². The third-order valence-corrected chi connectivity index (χ3v) is 9.43. The van der Waals surface area contributed by atoms with Crippen LogP contribution in [0.5, 0.6) is 0 Å². The Balaban J connectivity index is 1.22. The van der Waals surface area contributed by atoms with Crippen LogP contribution in [0.4, 0.5) is 0 Å². The van der Waals surface area contributed by atoms with Crippen LogP contribution >= 0.6 is 15.9 Å². The summed E-state index contributed by atoms with van der Waals surface area (Å²) in [7, 11) is 0. The zero-order valence-electron chi connectivity index (χ0n) is 27.2. The van der Waals surface area contributed by atoms with Crippen molar-refractivity contribution in [1.82, 2.24) is 9.13 Å². The van der Waals surface area contributed by atoms with Crippen LogP contribution in [-0.2, 0) is 42.6 Å². The molecular weight excluding hydrogens is 688 g/mol. The van der Waals surface area contributed by atoms with Gasteiger partial charge in [-0.25, -0.2) is 9.36 Å². The van der Waals surface area contributed by atoms with Crippen molar-refractivity contribution in [3.8, 4) is 0 Å². The van der Waals surface area contributed by atoms with Crippen LogP contribution in [0, 0.1) is 0 Å². The third-order valence-electron chi connectivity index (χ3n) is 8.89. The minimum absolute atomic E-state index is 0.103. The maximum Gasteiger partial charge on any atom is 0.335 e. The average molecular weight is 726 g/mol. The second kappa shape index (κ2) is 14.0. The second-order valence-corrected chi connectivity index (χ2v) is 13.4. The molecule has 0 spiro atoms. The van der Waals surface area contributed by atoms with Crippen LogP contribution in [0.3, 0.4) is 0 Å². The molecular formula is C39H37BrN2O7. The van der Waals surface area contributed by atoms with E-state index in [2.05, 4.69) is 52.3 Å². The van der Waals surface area contributed by atoms with Crippen molar-refractivity contribution in [2.24, 2.45) is 0 Å². The molecule has 0 radical (unpaired) electrons. The largest absolute Gasteiger partial charge is 0.358 e. The quantitative estimate of drug-likeness (QED) is 0.146. The Bertz CT molecular complexity index is 1890. The van der Waals surface area contributed by atoms with Crippen molar-refractivity contribution < 1.29 is 23.7 Å². The molecule has 1 aromatic heterocycles. The van der Waals surface area contributed by atoms with Crippen LogP contribution in [0.25, 0.3) is 0 Å². The number of aromatic nitrogens is 2. The summed E-state index contributed by atoms with van der Waals surface area (Å²) in [4.78, 5) is 27.0. The molecule has 7 rings (SSSR count). The fourth-order valence-corrected chi connectivity index (χ4v) is 7.14. The molecule has 4 atom stereocenters.